The van der Waals surface area contributed by atoms with Crippen LogP contribution in [0.5, 0.6) is 11.8 Å². The van der Waals surface area contributed by atoms with Crippen molar-refractivity contribution in [1.82, 2.24) is 24.5 Å². The average molecular weight is 554 g/mol. The van der Waals surface area contributed by atoms with E-state index in [0.29, 0.717) is 27.4 Å². The summed E-state index contributed by atoms with van der Waals surface area (Å²) in [6.45, 7) is 3.86. The topological polar surface area (TPSA) is 77.7 Å². The summed E-state index contributed by atoms with van der Waals surface area (Å²) < 4.78 is 10.2. The Bertz CT molecular complexity index is 1860. The van der Waals surface area contributed by atoms with Crippen LogP contribution in [-0.4, -0.2) is 24.5 Å². The summed E-state index contributed by atoms with van der Waals surface area (Å²) in [6.07, 6.45) is 0. The second-order valence-corrected chi connectivity index (χ2v) is 10.4. The van der Waals surface area contributed by atoms with E-state index < -0.39 is 5.92 Å². The summed E-state index contributed by atoms with van der Waals surface area (Å²) in [6, 6.07) is 24.5. The van der Waals surface area contributed by atoms with Crippen molar-refractivity contribution >= 4 is 34.1 Å². The van der Waals surface area contributed by atoms with Crippen LogP contribution in [0.15, 0.2) is 83.7 Å². The van der Waals surface area contributed by atoms with Gasteiger partial charge in [-0.1, -0.05) is 41.4 Å². The lowest BCUT2D eigenvalue weighted by Gasteiger charge is -2.25. The molecule has 7 rings (SSSR count). The lowest BCUT2D eigenvalue weighted by Crippen LogP contribution is -2.22. The molecule has 7 nitrogen and oxygen atoms in total. The maximum Gasteiger partial charge on any atom is 0.252 e. The van der Waals surface area contributed by atoms with Gasteiger partial charge in [0.05, 0.1) is 39.8 Å². The second kappa shape index (κ2) is 8.86. The maximum atomic E-state index is 13.6. The van der Waals surface area contributed by atoms with Gasteiger partial charge < -0.3 is 9.72 Å². The molecule has 1 aliphatic rings. The Hall–Kier alpha value is -4.33. The summed E-state index contributed by atoms with van der Waals surface area (Å²) in [4.78, 5) is 16.7. The van der Waals surface area contributed by atoms with E-state index in [2.05, 4.69) is 4.98 Å². The minimum Gasteiger partial charge on any atom is -0.420 e. The van der Waals surface area contributed by atoms with Gasteiger partial charge in [-0.2, -0.15) is 10.2 Å². The SMILES string of the molecule is Cc1nn(-c2ccc(Cl)cc2)c2c1C(c1cc3ccccc3[nH]c1=O)c1c(C)nn(-c3ccc(Cl)cc3)c1O2. The van der Waals surface area contributed by atoms with Crippen LogP contribution in [0.4, 0.5) is 0 Å². The predicted octanol–water partition coefficient (Wildman–Crippen LogP) is 7.11. The molecule has 1 aliphatic heterocycles. The van der Waals surface area contributed by atoms with Gasteiger partial charge >= 0.3 is 0 Å². The number of hydrogen-bond acceptors (Lipinski definition) is 4. The van der Waals surface area contributed by atoms with Gasteiger partial charge in [0.2, 0.25) is 11.8 Å². The lowest BCUT2D eigenvalue weighted by atomic mass is 9.84. The van der Waals surface area contributed by atoms with Crippen molar-refractivity contribution in [2.75, 3.05) is 0 Å². The molecule has 9 heteroatoms. The standard InChI is InChI=1S/C30H21Cl2N5O2/c1-16-25-27(23-15-18-5-3-4-6-24(18)33-28(23)38)26-17(2)35-37(22-13-9-20(32)10-14-22)30(26)39-29(25)36(34-16)21-11-7-19(31)8-12-21/h3-15,27H,1-2H3,(H,33,38). The molecule has 0 fully saturated rings. The number of halogens is 2. The van der Waals surface area contributed by atoms with Gasteiger partial charge in [0.1, 0.15) is 0 Å². The highest BCUT2D eigenvalue weighted by molar-refractivity contribution is 6.30. The molecule has 3 aromatic heterocycles. The second-order valence-electron chi connectivity index (χ2n) is 9.56. The Morgan fingerprint density at radius 2 is 1.28 bits per heavy atom. The number of aryl methyl sites for hydroxylation is 2. The van der Waals surface area contributed by atoms with E-state index in [-0.39, 0.29) is 5.56 Å². The van der Waals surface area contributed by atoms with E-state index >= 15 is 0 Å². The van der Waals surface area contributed by atoms with Crippen molar-refractivity contribution in [2.24, 2.45) is 0 Å². The zero-order chi connectivity index (χ0) is 26.8. The van der Waals surface area contributed by atoms with Crippen molar-refractivity contribution in [1.29, 1.82) is 0 Å². The highest BCUT2D eigenvalue weighted by atomic mass is 35.5. The molecule has 0 atom stereocenters. The number of para-hydroxylation sites is 1. The van der Waals surface area contributed by atoms with Crippen LogP contribution >= 0.6 is 23.2 Å². The van der Waals surface area contributed by atoms with Crippen LogP contribution in [-0.2, 0) is 0 Å². The minimum atomic E-state index is -0.459. The smallest absolute Gasteiger partial charge is 0.252 e. The van der Waals surface area contributed by atoms with Gasteiger partial charge in [0, 0.05) is 21.1 Å². The quantitative estimate of drug-likeness (QED) is 0.253. The van der Waals surface area contributed by atoms with E-state index in [1.54, 1.807) is 9.36 Å². The Balaban J connectivity index is 1.53. The number of rotatable bonds is 3. The number of H-pyrrole nitrogens is 1. The molecule has 0 saturated heterocycles. The van der Waals surface area contributed by atoms with Gasteiger partial charge in [-0.15, -0.1) is 0 Å². The van der Waals surface area contributed by atoms with Crippen molar-refractivity contribution in [3.63, 3.8) is 0 Å². The summed E-state index contributed by atoms with van der Waals surface area (Å²) in [5.74, 6) is 0.587. The summed E-state index contributed by atoms with van der Waals surface area (Å²) in [5.41, 5.74) is 5.91. The summed E-state index contributed by atoms with van der Waals surface area (Å²) in [5, 5.41) is 11.9. The predicted molar refractivity (Wildman–Crippen MR) is 152 cm³/mol. The molecule has 39 heavy (non-hydrogen) atoms. The van der Waals surface area contributed by atoms with Crippen LogP contribution in [0.1, 0.15) is 34.0 Å². The first-order valence-corrected chi connectivity index (χ1v) is 13.2. The third kappa shape index (κ3) is 3.77. The van der Waals surface area contributed by atoms with E-state index in [0.717, 1.165) is 44.8 Å². The van der Waals surface area contributed by atoms with Gasteiger partial charge in [0.25, 0.3) is 5.56 Å². The maximum absolute atomic E-state index is 13.6. The van der Waals surface area contributed by atoms with Crippen LogP contribution in [0, 0.1) is 13.8 Å². The summed E-state index contributed by atoms with van der Waals surface area (Å²) in [7, 11) is 0. The fraction of sp³-hybridized carbons (Fsp3) is 0.100. The molecule has 6 aromatic rings. The third-order valence-corrected chi connectivity index (χ3v) is 7.64. The molecule has 4 heterocycles. The number of ether oxygens (including phenoxy) is 1. The molecule has 0 spiro atoms. The van der Waals surface area contributed by atoms with E-state index in [1.807, 2.05) is 92.7 Å². The van der Waals surface area contributed by atoms with Crippen LogP contribution < -0.4 is 10.3 Å². The van der Waals surface area contributed by atoms with Gasteiger partial charge in [0.15, 0.2) is 0 Å². The van der Waals surface area contributed by atoms with Gasteiger partial charge in [-0.25, -0.2) is 9.36 Å². The Morgan fingerprint density at radius 1 is 0.769 bits per heavy atom. The van der Waals surface area contributed by atoms with E-state index in [9.17, 15) is 4.79 Å². The van der Waals surface area contributed by atoms with E-state index in [1.165, 1.54) is 0 Å². The number of benzene rings is 3. The fourth-order valence-corrected chi connectivity index (χ4v) is 5.59. The molecule has 0 amide bonds. The Labute approximate surface area is 233 Å². The molecular formula is C30H21Cl2N5O2. The van der Waals surface area contributed by atoms with Crippen molar-refractivity contribution < 1.29 is 4.74 Å². The lowest BCUT2D eigenvalue weighted by molar-refractivity contribution is 0.392. The van der Waals surface area contributed by atoms with Crippen LogP contribution in [0.3, 0.4) is 0 Å². The first kappa shape index (κ1) is 23.8. The Kier molecular flexibility index (Phi) is 5.40. The number of aromatic nitrogens is 5. The monoisotopic (exact) mass is 553 g/mol. The number of nitrogens with one attached hydrogen (secondary N) is 1. The first-order valence-electron chi connectivity index (χ1n) is 12.4. The highest BCUT2D eigenvalue weighted by Crippen LogP contribution is 2.50. The number of hydrogen-bond donors (Lipinski definition) is 1. The van der Waals surface area contributed by atoms with Crippen LogP contribution in [0.2, 0.25) is 10.0 Å². The highest BCUT2D eigenvalue weighted by Gasteiger charge is 2.40. The van der Waals surface area contributed by atoms with Gasteiger partial charge in [-0.05, 0) is 79.9 Å². The molecule has 0 unspecified atom stereocenters. The average Bonchev–Trinajstić information content (AvgIpc) is 3.45. The zero-order valence-corrected chi connectivity index (χ0v) is 22.5. The molecule has 1 N–H and O–H groups in total. The van der Waals surface area contributed by atoms with Gasteiger partial charge in [-0.3, -0.25) is 4.79 Å². The molecule has 0 bridgehead atoms. The number of aromatic amines is 1. The fourth-order valence-electron chi connectivity index (χ4n) is 5.34. The van der Waals surface area contributed by atoms with Crippen molar-refractivity contribution in [2.45, 2.75) is 19.8 Å². The van der Waals surface area contributed by atoms with Crippen molar-refractivity contribution in [3.05, 3.63) is 127 Å². The largest absolute Gasteiger partial charge is 0.420 e. The Morgan fingerprint density at radius 3 is 1.82 bits per heavy atom. The molecule has 192 valence electrons. The van der Waals surface area contributed by atoms with Crippen LogP contribution in [0.25, 0.3) is 22.3 Å². The molecule has 0 radical (unpaired) electrons. The molecule has 3 aromatic carbocycles. The first-order chi connectivity index (χ1) is 18.9. The zero-order valence-electron chi connectivity index (χ0n) is 20.9. The normalized spacial score (nSPS) is 12.8. The molecule has 0 aliphatic carbocycles. The number of pyridine rings is 1. The number of nitrogens with zero attached hydrogens (tertiary/aromatic N) is 4. The third-order valence-electron chi connectivity index (χ3n) is 7.13. The van der Waals surface area contributed by atoms with E-state index in [4.69, 9.17) is 38.1 Å². The van der Waals surface area contributed by atoms with Crippen molar-refractivity contribution in [3.8, 4) is 23.1 Å². The molecule has 0 saturated carbocycles. The molecular weight excluding hydrogens is 533 g/mol. The summed E-state index contributed by atoms with van der Waals surface area (Å²) >= 11 is 12.3. The number of fused-ring (bicyclic) bond motifs is 3. The minimum absolute atomic E-state index is 0.171.